The number of halogens is 3. The van der Waals surface area contributed by atoms with Crippen molar-refractivity contribution in [3.05, 3.63) is 66.4 Å². The second kappa shape index (κ2) is 8.01. The van der Waals surface area contributed by atoms with Crippen molar-refractivity contribution in [1.82, 2.24) is 19.7 Å². The van der Waals surface area contributed by atoms with E-state index in [1.54, 1.807) is 12.3 Å². The van der Waals surface area contributed by atoms with Crippen LogP contribution in [0.2, 0.25) is 0 Å². The fraction of sp³-hybridized carbons (Fsp3) is 0.350. The van der Waals surface area contributed by atoms with E-state index in [9.17, 15) is 17.7 Å². The molecule has 30 heavy (non-hydrogen) atoms. The summed E-state index contributed by atoms with van der Waals surface area (Å²) in [6.07, 6.45) is 0.674. The molecule has 3 unspecified atom stereocenters. The molecule has 158 valence electrons. The summed E-state index contributed by atoms with van der Waals surface area (Å²) in [6, 6.07) is 8.37. The van der Waals surface area contributed by atoms with Crippen molar-refractivity contribution in [2.45, 2.75) is 41.7 Å². The minimum Gasteiger partial charge on any atom is -0.611 e. The van der Waals surface area contributed by atoms with E-state index in [2.05, 4.69) is 15.1 Å². The van der Waals surface area contributed by atoms with Gasteiger partial charge < -0.3 is 9.29 Å². The Labute approximate surface area is 174 Å². The molecule has 1 fully saturated rings. The van der Waals surface area contributed by atoms with Crippen LogP contribution in [0, 0.1) is 0 Å². The van der Waals surface area contributed by atoms with Crippen molar-refractivity contribution in [1.29, 1.82) is 0 Å². The zero-order valence-electron chi connectivity index (χ0n) is 16.0. The first-order valence-electron chi connectivity index (χ1n) is 9.28. The Hall–Kier alpha value is -2.43. The molecule has 4 rings (SSSR count). The number of ether oxygens (including phenoxy) is 1. The Morgan fingerprint density at radius 1 is 1.27 bits per heavy atom. The highest BCUT2D eigenvalue weighted by Crippen LogP contribution is 2.42. The summed E-state index contributed by atoms with van der Waals surface area (Å²) in [4.78, 5) is 8.42. The number of pyridine rings is 1. The molecule has 3 atom stereocenters. The van der Waals surface area contributed by atoms with Gasteiger partial charge in [-0.15, -0.1) is 0 Å². The monoisotopic (exact) mass is 436 g/mol. The fourth-order valence-electron chi connectivity index (χ4n) is 3.47. The van der Waals surface area contributed by atoms with Crippen LogP contribution in [0.4, 0.5) is 13.2 Å². The third-order valence-corrected chi connectivity index (χ3v) is 7.13. The number of aromatic nitrogens is 4. The number of benzene rings is 1. The molecular weight excluding hydrogens is 417 g/mol. The molecule has 0 bridgehead atoms. The third kappa shape index (κ3) is 4.21. The van der Waals surface area contributed by atoms with Crippen molar-refractivity contribution in [3.63, 3.8) is 0 Å². The van der Waals surface area contributed by atoms with Crippen molar-refractivity contribution in [2.24, 2.45) is 0 Å². The lowest BCUT2D eigenvalue weighted by Crippen LogP contribution is -2.42. The van der Waals surface area contributed by atoms with Gasteiger partial charge in [-0.05, 0) is 41.9 Å². The highest BCUT2D eigenvalue weighted by atomic mass is 32.2. The Morgan fingerprint density at radius 3 is 2.77 bits per heavy atom. The van der Waals surface area contributed by atoms with Crippen LogP contribution >= 0.6 is 0 Å². The first kappa shape index (κ1) is 20.8. The predicted octanol–water partition coefficient (Wildman–Crippen LogP) is 4.10. The van der Waals surface area contributed by atoms with Crippen LogP contribution in [-0.2, 0) is 22.1 Å². The summed E-state index contributed by atoms with van der Waals surface area (Å²) in [5, 5.41) is 4.02. The van der Waals surface area contributed by atoms with Crippen LogP contribution in [0.5, 0.6) is 0 Å². The highest BCUT2D eigenvalue weighted by Gasteiger charge is 2.45. The van der Waals surface area contributed by atoms with Crippen LogP contribution in [0.25, 0.3) is 5.82 Å². The van der Waals surface area contributed by atoms with E-state index in [0.717, 1.165) is 17.7 Å². The van der Waals surface area contributed by atoms with Gasteiger partial charge in [0.1, 0.15) is 17.4 Å². The molecule has 1 aliphatic heterocycles. The molecule has 1 aliphatic rings. The molecule has 0 aliphatic carbocycles. The summed E-state index contributed by atoms with van der Waals surface area (Å²) >= 11 is -1.63. The van der Waals surface area contributed by atoms with Crippen LogP contribution in [-0.4, -0.2) is 35.7 Å². The minimum atomic E-state index is -4.48. The van der Waals surface area contributed by atoms with Gasteiger partial charge in [-0.25, -0.2) is 14.6 Å². The number of alkyl halides is 3. The maximum Gasteiger partial charge on any atom is 0.416 e. The highest BCUT2D eigenvalue weighted by molar-refractivity contribution is 7.92. The maximum absolute atomic E-state index is 13.2. The van der Waals surface area contributed by atoms with Crippen molar-refractivity contribution in [3.8, 4) is 5.82 Å². The van der Waals surface area contributed by atoms with Gasteiger partial charge in [-0.3, -0.25) is 0 Å². The van der Waals surface area contributed by atoms with Crippen LogP contribution in [0.3, 0.4) is 0 Å². The molecule has 0 saturated carbocycles. The molecule has 3 heterocycles. The zero-order chi connectivity index (χ0) is 21.4. The molecular formula is C20H19F3N4O2S. The Bertz CT molecular complexity index is 998. The molecule has 2 aromatic heterocycles. The van der Waals surface area contributed by atoms with Gasteiger partial charge in [0.05, 0.1) is 18.3 Å². The summed E-state index contributed by atoms with van der Waals surface area (Å²) in [5.74, 6) is 0.599. The number of hydrogen-bond donors (Lipinski definition) is 0. The van der Waals surface area contributed by atoms with Crippen LogP contribution in [0.1, 0.15) is 37.0 Å². The summed E-state index contributed by atoms with van der Waals surface area (Å²) in [5.41, 5.74) is 0.0132. The standard InChI is InChI=1S/C20H19F3N4O2S/c1-19(30(28)16-4-2-3-15(9-16)20(21,22)23)7-8-29-17(10-19)14-5-6-18(25-11-14)27-13-24-12-26-27/h2-6,9,11-13,17H,7-8,10H2,1H3. The molecule has 1 aromatic carbocycles. The maximum atomic E-state index is 13.2. The van der Waals surface area contributed by atoms with Crippen molar-refractivity contribution in [2.75, 3.05) is 6.61 Å². The van der Waals surface area contributed by atoms with Gasteiger partial charge in [0, 0.05) is 25.1 Å². The minimum absolute atomic E-state index is 0.174. The lowest BCUT2D eigenvalue weighted by atomic mass is 9.93. The fourth-order valence-corrected chi connectivity index (χ4v) is 5.05. The summed E-state index contributed by atoms with van der Waals surface area (Å²) in [7, 11) is 0. The Kier molecular flexibility index (Phi) is 5.56. The quantitative estimate of drug-likeness (QED) is 0.576. The second-order valence-electron chi connectivity index (χ2n) is 7.35. The Morgan fingerprint density at radius 2 is 2.10 bits per heavy atom. The number of hydrogen-bond acceptors (Lipinski definition) is 5. The molecule has 1 saturated heterocycles. The van der Waals surface area contributed by atoms with Crippen LogP contribution in [0.15, 0.2) is 60.1 Å². The summed E-state index contributed by atoms with van der Waals surface area (Å²) < 4.78 is 59.1. The molecule has 0 radical (unpaired) electrons. The van der Waals surface area contributed by atoms with E-state index in [1.807, 2.05) is 13.0 Å². The molecule has 0 amide bonds. The smallest absolute Gasteiger partial charge is 0.416 e. The van der Waals surface area contributed by atoms with Gasteiger partial charge >= 0.3 is 6.18 Å². The topological polar surface area (TPSA) is 75.9 Å². The van der Waals surface area contributed by atoms with E-state index in [4.69, 9.17) is 4.74 Å². The van der Waals surface area contributed by atoms with Gasteiger partial charge in [-0.1, -0.05) is 12.1 Å². The molecule has 3 aromatic rings. The van der Waals surface area contributed by atoms with Gasteiger partial charge in [0.2, 0.25) is 0 Å². The number of rotatable bonds is 4. The van der Waals surface area contributed by atoms with Crippen molar-refractivity contribution < 1.29 is 22.5 Å². The van der Waals surface area contributed by atoms with E-state index in [1.165, 1.54) is 29.5 Å². The molecule has 6 nitrogen and oxygen atoms in total. The van der Waals surface area contributed by atoms with Gasteiger partial charge in [0.15, 0.2) is 10.7 Å². The largest absolute Gasteiger partial charge is 0.611 e. The lowest BCUT2D eigenvalue weighted by Gasteiger charge is -2.39. The predicted molar refractivity (Wildman–Crippen MR) is 103 cm³/mol. The normalized spacial score (nSPS) is 23.3. The summed E-state index contributed by atoms with van der Waals surface area (Å²) in [6.45, 7) is 2.19. The Balaban J connectivity index is 1.54. The first-order chi connectivity index (χ1) is 14.3. The third-order valence-electron chi connectivity index (χ3n) is 5.19. The van der Waals surface area contributed by atoms with Crippen molar-refractivity contribution >= 4 is 11.2 Å². The SMILES string of the molecule is CC1([S+]([O-])c2cccc(C(F)(F)F)c2)CCOC(c2ccc(-n3cncn3)nc2)C1. The molecule has 0 N–H and O–H groups in total. The lowest BCUT2D eigenvalue weighted by molar-refractivity contribution is -0.137. The number of nitrogens with zero attached hydrogens (tertiary/aromatic N) is 4. The second-order valence-corrected chi connectivity index (χ2v) is 9.34. The molecule has 10 heteroatoms. The van der Waals surface area contributed by atoms with Gasteiger partial charge in [-0.2, -0.15) is 18.3 Å². The van der Waals surface area contributed by atoms with E-state index >= 15 is 0 Å². The van der Waals surface area contributed by atoms with E-state index < -0.39 is 27.7 Å². The average Bonchev–Trinajstić information content (AvgIpc) is 3.28. The first-order valence-corrected chi connectivity index (χ1v) is 10.4. The average molecular weight is 436 g/mol. The van der Waals surface area contributed by atoms with Gasteiger partial charge in [0.25, 0.3) is 0 Å². The molecule has 0 spiro atoms. The zero-order valence-corrected chi connectivity index (χ0v) is 16.9. The van der Waals surface area contributed by atoms with Crippen LogP contribution < -0.4 is 0 Å². The van der Waals surface area contributed by atoms with E-state index in [-0.39, 0.29) is 11.0 Å². The van der Waals surface area contributed by atoms with E-state index in [0.29, 0.717) is 25.3 Å².